The van der Waals surface area contributed by atoms with Gasteiger partial charge in [0.15, 0.2) is 0 Å². The summed E-state index contributed by atoms with van der Waals surface area (Å²) in [6, 6.07) is 11.7. The number of hydrogen-bond acceptors (Lipinski definition) is 1. The molecule has 0 saturated heterocycles. The topological polar surface area (TPSA) is 17.1 Å². The minimum Gasteiger partial charge on any atom is -0.298 e. The number of rotatable bonds is 4. The first-order valence-corrected chi connectivity index (χ1v) is 10.1. The predicted molar refractivity (Wildman–Crippen MR) is 79.9 cm³/mol. The van der Waals surface area contributed by atoms with Gasteiger partial charge >= 0.3 is 0 Å². The van der Waals surface area contributed by atoms with Gasteiger partial charge in [0, 0.05) is 0 Å². The molecule has 1 aliphatic carbocycles. The molecule has 0 N–H and O–H groups in total. The molecule has 0 atom stereocenters. The molecule has 0 aliphatic heterocycles. The van der Waals surface area contributed by atoms with Crippen molar-refractivity contribution < 1.29 is 4.79 Å². The van der Waals surface area contributed by atoms with Gasteiger partial charge < -0.3 is 0 Å². The fourth-order valence-electron chi connectivity index (χ4n) is 2.84. The van der Waals surface area contributed by atoms with Crippen LogP contribution in [-0.4, -0.2) is 14.4 Å². The van der Waals surface area contributed by atoms with E-state index in [0.29, 0.717) is 0 Å². The molecule has 1 aromatic rings. The second-order valence-corrected chi connectivity index (χ2v) is 10.6. The van der Waals surface area contributed by atoms with Crippen LogP contribution in [0.15, 0.2) is 41.5 Å². The molecule has 1 fully saturated rings. The van der Waals surface area contributed by atoms with Gasteiger partial charge in [0.2, 0.25) is 0 Å². The Kier molecular flexibility index (Phi) is 4.18. The molecule has 1 aliphatic rings. The van der Waals surface area contributed by atoms with Gasteiger partial charge in [-0.25, -0.2) is 0 Å². The molecule has 0 amide bonds. The molecule has 2 heteroatoms. The van der Waals surface area contributed by atoms with E-state index in [4.69, 9.17) is 0 Å². The van der Waals surface area contributed by atoms with Crippen molar-refractivity contribution in [3.63, 3.8) is 0 Å². The lowest BCUT2D eigenvalue weighted by molar-refractivity contribution is -0.104. The molecular formula is C16H22OSi. The van der Waals surface area contributed by atoms with E-state index in [1.807, 2.05) is 0 Å². The number of benzene rings is 1. The third-order valence-corrected chi connectivity index (χ3v) is 7.15. The van der Waals surface area contributed by atoms with Gasteiger partial charge in [-0.1, -0.05) is 54.2 Å². The van der Waals surface area contributed by atoms with Crippen LogP contribution in [0.1, 0.15) is 25.7 Å². The third kappa shape index (κ3) is 2.99. The van der Waals surface area contributed by atoms with E-state index in [-0.39, 0.29) is 0 Å². The van der Waals surface area contributed by atoms with Crippen LogP contribution in [0, 0.1) is 0 Å². The van der Waals surface area contributed by atoms with Crippen LogP contribution in [-0.2, 0) is 4.79 Å². The maximum atomic E-state index is 11.4. The molecule has 0 bridgehead atoms. The van der Waals surface area contributed by atoms with E-state index in [9.17, 15) is 4.79 Å². The monoisotopic (exact) mass is 258 g/mol. The zero-order valence-electron chi connectivity index (χ0n) is 11.4. The molecule has 0 radical (unpaired) electrons. The summed E-state index contributed by atoms with van der Waals surface area (Å²) in [4.78, 5) is 11.4. The molecule has 1 saturated carbocycles. The van der Waals surface area contributed by atoms with Crippen LogP contribution in [0.5, 0.6) is 0 Å². The van der Waals surface area contributed by atoms with Crippen LogP contribution in [0.3, 0.4) is 0 Å². The lowest BCUT2D eigenvalue weighted by atomic mass is 10.1. The summed E-state index contributed by atoms with van der Waals surface area (Å²) in [6.07, 6.45) is 5.94. The minimum absolute atomic E-state index is 0.996. The maximum Gasteiger partial charge on any atom is 0.145 e. The molecule has 0 aromatic heterocycles. The first kappa shape index (κ1) is 13.3. The van der Waals surface area contributed by atoms with Gasteiger partial charge in [0.1, 0.15) is 6.29 Å². The Morgan fingerprint density at radius 1 is 1.17 bits per heavy atom. The second kappa shape index (κ2) is 5.66. The maximum absolute atomic E-state index is 11.4. The summed E-state index contributed by atoms with van der Waals surface area (Å²) in [6.45, 7) is 4.72. The van der Waals surface area contributed by atoms with Gasteiger partial charge in [-0.2, -0.15) is 0 Å². The lowest BCUT2D eigenvalue weighted by Crippen LogP contribution is -2.41. The molecule has 1 aromatic carbocycles. The largest absolute Gasteiger partial charge is 0.298 e. The van der Waals surface area contributed by atoms with E-state index >= 15 is 0 Å². The summed E-state index contributed by atoms with van der Waals surface area (Å²) in [5, 5.41) is 1.45. The summed E-state index contributed by atoms with van der Waals surface area (Å²) in [5.74, 6) is 0. The van der Waals surface area contributed by atoms with Crippen molar-refractivity contribution in [1.82, 2.24) is 0 Å². The highest BCUT2D eigenvalue weighted by molar-refractivity contribution is 6.90. The number of carbonyl (C=O) groups excluding carboxylic acids is 1. The van der Waals surface area contributed by atoms with E-state index in [2.05, 4.69) is 43.4 Å². The Morgan fingerprint density at radius 3 is 2.33 bits per heavy atom. The van der Waals surface area contributed by atoms with Crippen molar-refractivity contribution in [3.05, 3.63) is 41.5 Å². The SMILES string of the molecule is C[Si](C)(CC(C=O)=C1CCCC1)c1ccccc1. The first-order valence-electron chi connectivity index (χ1n) is 6.85. The summed E-state index contributed by atoms with van der Waals surface area (Å²) in [7, 11) is -1.52. The smallest absolute Gasteiger partial charge is 0.145 e. The van der Waals surface area contributed by atoms with E-state index in [1.165, 1.54) is 23.6 Å². The highest BCUT2D eigenvalue weighted by Gasteiger charge is 2.26. The molecule has 2 rings (SSSR count). The fraction of sp³-hybridized carbons (Fsp3) is 0.438. The molecule has 18 heavy (non-hydrogen) atoms. The van der Waals surface area contributed by atoms with Crippen LogP contribution in [0.25, 0.3) is 0 Å². The van der Waals surface area contributed by atoms with Crippen LogP contribution < -0.4 is 5.19 Å². The van der Waals surface area contributed by atoms with Gasteiger partial charge in [0.25, 0.3) is 0 Å². The quantitative estimate of drug-likeness (QED) is 0.457. The van der Waals surface area contributed by atoms with Crippen molar-refractivity contribution >= 4 is 19.5 Å². The number of hydrogen-bond donors (Lipinski definition) is 0. The number of aldehydes is 1. The predicted octanol–water partition coefficient (Wildman–Crippen LogP) is 3.67. The molecule has 96 valence electrons. The summed E-state index contributed by atoms with van der Waals surface area (Å²) >= 11 is 0. The van der Waals surface area contributed by atoms with E-state index in [0.717, 1.165) is 30.7 Å². The van der Waals surface area contributed by atoms with Crippen molar-refractivity contribution in [1.29, 1.82) is 0 Å². The van der Waals surface area contributed by atoms with E-state index in [1.54, 1.807) is 0 Å². The highest BCUT2D eigenvalue weighted by atomic mass is 28.3. The molecule has 0 spiro atoms. The van der Waals surface area contributed by atoms with Crippen molar-refractivity contribution in [2.75, 3.05) is 0 Å². The third-order valence-electron chi connectivity index (χ3n) is 3.99. The number of allylic oxidation sites excluding steroid dienone is 2. The van der Waals surface area contributed by atoms with Gasteiger partial charge in [-0.3, -0.25) is 4.79 Å². The average Bonchev–Trinajstić information content (AvgIpc) is 2.91. The summed E-state index contributed by atoms with van der Waals surface area (Å²) in [5.41, 5.74) is 2.54. The summed E-state index contributed by atoms with van der Waals surface area (Å²) < 4.78 is 0. The van der Waals surface area contributed by atoms with Crippen molar-refractivity contribution in [2.24, 2.45) is 0 Å². The van der Waals surface area contributed by atoms with Crippen molar-refractivity contribution in [3.8, 4) is 0 Å². The fourth-order valence-corrected chi connectivity index (χ4v) is 5.42. The Morgan fingerprint density at radius 2 is 1.78 bits per heavy atom. The van der Waals surface area contributed by atoms with Crippen LogP contribution >= 0.6 is 0 Å². The average molecular weight is 258 g/mol. The Hall–Kier alpha value is -1.15. The van der Waals surface area contributed by atoms with Crippen molar-refractivity contribution in [2.45, 2.75) is 44.8 Å². The van der Waals surface area contributed by atoms with E-state index < -0.39 is 8.07 Å². The number of carbonyl (C=O) groups is 1. The molecule has 1 nitrogen and oxygen atoms in total. The Labute approximate surface area is 111 Å². The minimum atomic E-state index is -1.52. The normalized spacial score (nSPS) is 15.8. The van der Waals surface area contributed by atoms with Crippen LogP contribution in [0.4, 0.5) is 0 Å². The van der Waals surface area contributed by atoms with Gasteiger partial charge in [0.05, 0.1) is 8.07 Å². The Bertz CT molecular complexity index is 437. The van der Waals surface area contributed by atoms with Gasteiger partial charge in [-0.05, 0) is 37.3 Å². The molecule has 0 heterocycles. The van der Waals surface area contributed by atoms with Crippen LogP contribution in [0.2, 0.25) is 19.1 Å². The standard InChI is InChI=1S/C16H22OSi/c1-18(2,16-10-4-3-5-11-16)13-15(12-17)14-8-6-7-9-14/h3-5,10-12H,6-9,13H2,1-2H3. The molecular weight excluding hydrogens is 236 g/mol. The Balaban J connectivity index is 2.21. The van der Waals surface area contributed by atoms with Gasteiger partial charge in [-0.15, -0.1) is 0 Å². The first-order chi connectivity index (χ1) is 8.63. The molecule has 0 unspecified atom stereocenters. The zero-order chi connectivity index (χ0) is 13.0. The highest BCUT2D eigenvalue weighted by Crippen LogP contribution is 2.29. The lowest BCUT2D eigenvalue weighted by Gasteiger charge is -2.23. The second-order valence-electron chi connectivity index (χ2n) is 5.88. The zero-order valence-corrected chi connectivity index (χ0v) is 12.4.